The summed E-state index contributed by atoms with van der Waals surface area (Å²) in [4.78, 5) is 14.4. The number of aliphatic hydroxyl groups excluding tert-OH is 1. The molecule has 1 aliphatic heterocycles. The third kappa shape index (κ3) is 3.58. The molecule has 2 N–H and O–H groups in total. The van der Waals surface area contributed by atoms with Crippen LogP contribution in [-0.2, 0) is 11.2 Å². The number of likely N-dealkylation sites (N-methyl/N-ethyl adjacent to an activating group) is 1. The van der Waals surface area contributed by atoms with Crippen molar-refractivity contribution in [2.24, 2.45) is 0 Å². The van der Waals surface area contributed by atoms with E-state index >= 15 is 0 Å². The molecule has 0 bridgehead atoms. The number of nitrogens with zero attached hydrogens (tertiary/aromatic N) is 1. The van der Waals surface area contributed by atoms with Gasteiger partial charge in [0.15, 0.2) is 0 Å². The number of rotatable bonds is 6. The maximum atomic E-state index is 12.5. The Bertz CT molecular complexity index is 446. The fourth-order valence-electron chi connectivity index (χ4n) is 2.73. The normalized spacial score (nSPS) is 19.4. The predicted molar refractivity (Wildman–Crippen MR) is 80.9 cm³/mol. The Labute approximate surface area is 120 Å². The molecule has 1 saturated heterocycles. The third-order valence-corrected chi connectivity index (χ3v) is 3.73. The number of carbonyl (C=O) groups is 1. The first-order valence-electron chi connectivity index (χ1n) is 7.50. The second kappa shape index (κ2) is 7.41. The van der Waals surface area contributed by atoms with E-state index in [0.717, 1.165) is 44.5 Å². The van der Waals surface area contributed by atoms with Crippen LogP contribution in [0.25, 0.3) is 0 Å². The van der Waals surface area contributed by atoms with Crippen molar-refractivity contribution < 1.29 is 9.90 Å². The molecule has 110 valence electrons. The number of aryl methyl sites for hydroxylation is 1. The van der Waals surface area contributed by atoms with E-state index < -0.39 is 0 Å². The Balaban J connectivity index is 2.11. The zero-order valence-corrected chi connectivity index (χ0v) is 12.1. The molecule has 1 heterocycles. The van der Waals surface area contributed by atoms with Gasteiger partial charge in [0.1, 0.15) is 0 Å². The van der Waals surface area contributed by atoms with Gasteiger partial charge in [-0.15, -0.1) is 0 Å². The van der Waals surface area contributed by atoms with Crippen molar-refractivity contribution in [3.63, 3.8) is 0 Å². The van der Waals surface area contributed by atoms with Crippen LogP contribution in [0.2, 0.25) is 0 Å². The molecule has 1 aromatic rings. The zero-order chi connectivity index (χ0) is 14.4. The lowest BCUT2D eigenvalue weighted by Crippen LogP contribution is -2.50. The number of piperidine rings is 1. The van der Waals surface area contributed by atoms with Gasteiger partial charge in [-0.2, -0.15) is 0 Å². The lowest BCUT2D eigenvalue weighted by Gasteiger charge is -2.32. The largest absolute Gasteiger partial charge is 0.396 e. The molecule has 0 saturated carbocycles. The second-order valence-corrected chi connectivity index (χ2v) is 5.24. The molecular formula is C16H24N2O2. The number of nitrogens with one attached hydrogen (secondary N) is 1. The number of benzene rings is 1. The van der Waals surface area contributed by atoms with Crippen molar-refractivity contribution in [2.45, 2.75) is 38.6 Å². The Hall–Kier alpha value is -1.39. The van der Waals surface area contributed by atoms with E-state index in [9.17, 15) is 4.79 Å². The van der Waals surface area contributed by atoms with Crippen LogP contribution in [0.15, 0.2) is 24.3 Å². The van der Waals surface area contributed by atoms with Gasteiger partial charge in [-0.25, -0.2) is 0 Å². The van der Waals surface area contributed by atoms with Crippen LogP contribution >= 0.6 is 0 Å². The number of amides is 1. The molecule has 0 aromatic heterocycles. The molecule has 1 fully saturated rings. The van der Waals surface area contributed by atoms with Gasteiger partial charge in [0, 0.05) is 18.8 Å². The van der Waals surface area contributed by atoms with E-state index in [2.05, 4.69) is 17.4 Å². The van der Waals surface area contributed by atoms with Gasteiger partial charge in [-0.1, -0.05) is 19.1 Å². The summed E-state index contributed by atoms with van der Waals surface area (Å²) in [5.41, 5.74) is 2.16. The Kier molecular flexibility index (Phi) is 5.56. The summed E-state index contributed by atoms with van der Waals surface area (Å²) in [5, 5.41) is 12.2. The average molecular weight is 276 g/mol. The van der Waals surface area contributed by atoms with Crippen molar-refractivity contribution in [2.75, 3.05) is 24.6 Å². The molecule has 1 atom stereocenters. The lowest BCUT2D eigenvalue weighted by atomic mass is 10.0. The number of hydrogen-bond acceptors (Lipinski definition) is 3. The van der Waals surface area contributed by atoms with E-state index in [1.54, 1.807) is 0 Å². The number of aliphatic hydroxyl groups is 1. The first-order valence-corrected chi connectivity index (χ1v) is 7.50. The number of hydrogen-bond donors (Lipinski definition) is 2. The summed E-state index contributed by atoms with van der Waals surface area (Å²) in [6.07, 6.45) is 3.57. The topological polar surface area (TPSA) is 52.6 Å². The Morgan fingerprint density at radius 3 is 3.05 bits per heavy atom. The average Bonchev–Trinajstić information content (AvgIpc) is 2.48. The number of anilines is 1. The molecule has 0 spiro atoms. The predicted octanol–water partition coefficient (Wildman–Crippen LogP) is 1.72. The quantitative estimate of drug-likeness (QED) is 0.832. The van der Waals surface area contributed by atoms with Crippen LogP contribution in [0.3, 0.4) is 0 Å². The van der Waals surface area contributed by atoms with Gasteiger partial charge < -0.3 is 15.3 Å². The van der Waals surface area contributed by atoms with Gasteiger partial charge in [0.05, 0.1) is 6.04 Å². The SMILES string of the molecule is CCNC1CCCN(c2cccc(CCCO)c2)C1=O. The molecule has 1 unspecified atom stereocenters. The molecule has 4 nitrogen and oxygen atoms in total. The van der Waals surface area contributed by atoms with Gasteiger partial charge in [0.2, 0.25) is 5.91 Å². The second-order valence-electron chi connectivity index (χ2n) is 5.24. The van der Waals surface area contributed by atoms with E-state index in [1.165, 1.54) is 5.56 Å². The first kappa shape index (κ1) is 15.0. The molecule has 0 aliphatic carbocycles. The Morgan fingerprint density at radius 2 is 2.30 bits per heavy atom. The van der Waals surface area contributed by atoms with Crippen LogP contribution < -0.4 is 10.2 Å². The van der Waals surface area contributed by atoms with Crippen molar-refractivity contribution in [3.05, 3.63) is 29.8 Å². The zero-order valence-electron chi connectivity index (χ0n) is 12.1. The minimum atomic E-state index is -0.0464. The highest BCUT2D eigenvalue weighted by Gasteiger charge is 2.28. The minimum absolute atomic E-state index is 0.0464. The Morgan fingerprint density at radius 1 is 1.45 bits per heavy atom. The molecule has 0 radical (unpaired) electrons. The molecule has 1 aliphatic rings. The van der Waals surface area contributed by atoms with E-state index in [4.69, 9.17) is 5.11 Å². The van der Waals surface area contributed by atoms with Crippen molar-refractivity contribution in [1.82, 2.24) is 5.32 Å². The first-order chi connectivity index (χ1) is 9.76. The maximum Gasteiger partial charge on any atom is 0.244 e. The lowest BCUT2D eigenvalue weighted by molar-refractivity contribution is -0.121. The van der Waals surface area contributed by atoms with Crippen LogP contribution in [0, 0.1) is 0 Å². The standard InChI is InChI=1S/C16H24N2O2/c1-2-17-15-9-4-10-18(16(15)20)14-8-3-6-13(12-14)7-5-11-19/h3,6,8,12,15,17,19H,2,4-5,7,9-11H2,1H3. The fourth-order valence-corrected chi connectivity index (χ4v) is 2.73. The molecule has 1 aromatic carbocycles. The molecule has 20 heavy (non-hydrogen) atoms. The van der Waals surface area contributed by atoms with E-state index in [-0.39, 0.29) is 18.6 Å². The van der Waals surface area contributed by atoms with Crippen molar-refractivity contribution in [3.8, 4) is 0 Å². The smallest absolute Gasteiger partial charge is 0.244 e. The van der Waals surface area contributed by atoms with Crippen LogP contribution in [-0.4, -0.2) is 36.8 Å². The third-order valence-electron chi connectivity index (χ3n) is 3.73. The maximum absolute atomic E-state index is 12.5. The van der Waals surface area contributed by atoms with Gasteiger partial charge in [-0.3, -0.25) is 4.79 Å². The molecular weight excluding hydrogens is 252 g/mol. The van der Waals surface area contributed by atoms with Crippen LogP contribution in [0.1, 0.15) is 31.7 Å². The van der Waals surface area contributed by atoms with E-state index in [1.807, 2.05) is 24.0 Å². The fraction of sp³-hybridized carbons (Fsp3) is 0.562. The molecule has 2 rings (SSSR count). The highest BCUT2D eigenvalue weighted by Crippen LogP contribution is 2.22. The van der Waals surface area contributed by atoms with Crippen LogP contribution in [0.4, 0.5) is 5.69 Å². The summed E-state index contributed by atoms with van der Waals surface area (Å²) in [7, 11) is 0. The van der Waals surface area contributed by atoms with Gasteiger partial charge in [0.25, 0.3) is 0 Å². The molecule has 1 amide bonds. The highest BCUT2D eigenvalue weighted by molar-refractivity contribution is 5.98. The van der Waals surface area contributed by atoms with Gasteiger partial charge >= 0.3 is 0 Å². The van der Waals surface area contributed by atoms with Gasteiger partial charge in [-0.05, 0) is 49.9 Å². The number of carbonyl (C=O) groups excluding carboxylic acids is 1. The minimum Gasteiger partial charge on any atom is -0.396 e. The summed E-state index contributed by atoms with van der Waals surface area (Å²) in [6.45, 7) is 3.85. The van der Waals surface area contributed by atoms with E-state index in [0.29, 0.717) is 0 Å². The monoisotopic (exact) mass is 276 g/mol. The van der Waals surface area contributed by atoms with Crippen molar-refractivity contribution in [1.29, 1.82) is 0 Å². The van der Waals surface area contributed by atoms with Crippen LogP contribution in [0.5, 0.6) is 0 Å². The summed E-state index contributed by atoms with van der Waals surface area (Å²) < 4.78 is 0. The summed E-state index contributed by atoms with van der Waals surface area (Å²) in [6, 6.07) is 8.06. The summed E-state index contributed by atoms with van der Waals surface area (Å²) >= 11 is 0. The highest BCUT2D eigenvalue weighted by atomic mass is 16.2. The van der Waals surface area contributed by atoms with Crippen molar-refractivity contribution >= 4 is 11.6 Å². The summed E-state index contributed by atoms with van der Waals surface area (Å²) in [5.74, 6) is 0.178. The molecule has 4 heteroatoms.